The Morgan fingerprint density at radius 3 is 2.61 bits per heavy atom. The summed E-state index contributed by atoms with van der Waals surface area (Å²) in [6.45, 7) is 6.41. The van der Waals surface area contributed by atoms with Crippen molar-refractivity contribution in [3.63, 3.8) is 0 Å². The summed E-state index contributed by atoms with van der Waals surface area (Å²) >= 11 is 0. The van der Waals surface area contributed by atoms with E-state index in [0.29, 0.717) is 13.2 Å². The third-order valence-electron chi connectivity index (χ3n) is 5.49. The molecule has 0 saturated carbocycles. The molecule has 4 heterocycles. The Hall–Kier alpha value is -2.68. The molecule has 4 rings (SSSR count). The van der Waals surface area contributed by atoms with Crippen LogP contribution in [0.1, 0.15) is 24.2 Å². The van der Waals surface area contributed by atoms with Gasteiger partial charge >= 0.3 is 6.03 Å². The molecule has 28 heavy (non-hydrogen) atoms. The standard InChI is InChI=1S/C19H26N6O3/c1-13-11-17(25-16(20-13)10-14(2)21-25)22-6-4-15(5-7-22)24-12-18(26)23(19(24)27)8-9-28-3/h10-11,15H,4-9,12H2,1-3H3. The molecular weight excluding hydrogens is 360 g/mol. The summed E-state index contributed by atoms with van der Waals surface area (Å²) in [5.74, 6) is 0.891. The topological polar surface area (TPSA) is 83.3 Å². The van der Waals surface area contributed by atoms with E-state index in [0.717, 1.165) is 48.8 Å². The number of urea groups is 1. The number of fused-ring (bicyclic) bond motifs is 1. The fourth-order valence-electron chi connectivity index (χ4n) is 4.08. The molecule has 2 aliphatic rings. The van der Waals surface area contributed by atoms with Crippen LogP contribution in [-0.2, 0) is 9.53 Å². The van der Waals surface area contributed by atoms with E-state index in [4.69, 9.17) is 4.74 Å². The van der Waals surface area contributed by atoms with Gasteiger partial charge in [0.15, 0.2) is 5.65 Å². The van der Waals surface area contributed by atoms with Crippen LogP contribution in [0.25, 0.3) is 5.65 Å². The van der Waals surface area contributed by atoms with Crippen LogP contribution in [0.5, 0.6) is 0 Å². The molecule has 0 unspecified atom stereocenters. The average molecular weight is 386 g/mol. The smallest absolute Gasteiger partial charge is 0.327 e. The maximum absolute atomic E-state index is 12.6. The molecule has 2 saturated heterocycles. The van der Waals surface area contributed by atoms with Crippen LogP contribution in [0, 0.1) is 13.8 Å². The zero-order chi connectivity index (χ0) is 19.8. The number of aromatic nitrogens is 3. The number of ether oxygens (including phenoxy) is 1. The number of anilines is 1. The molecule has 0 radical (unpaired) electrons. The van der Waals surface area contributed by atoms with Gasteiger partial charge in [-0.25, -0.2) is 9.78 Å². The van der Waals surface area contributed by atoms with E-state index in [1.165, 1.54) is 4.90 Å². The van der Waals surface area contributed by atoms with Crippen molar-refractivity contribution in [2.24, 2.45) is 0 Å². The molecule has 150 valence electrons. The van der Waals surface area contributed by atoms with E-state index in [2.05, 4.69) is 21.0 Å². The van der Waals surface area contributed by atoms with Gasteiger partial charge < -0.3 is 14.5 Å². The summed E-state index contributed by atoms with van der Waals surface area (Å²) in [6, 6.07) is 3.92. The minimum absolute atomic E-state index is 0.0815. The predicted molar refractivity (Wildman–Crippen MR) is 103 cm³/mol. The average Bonchev–Trinajstić information content (AvgIpc) is 3.18. The highest BCUT2D eigenvalue weighted by molar-refractivity contribution is 6.02. The molecule has 3 amide bonds. The summed E-state index contributed by atoms with van der Waals surface area (Å²) in [4.78, 5) is 34.7. The summed E-state index contributed by atoms with van der Waals surface area (Å²) < 4.78 is 6.89. The Balaban J connectivity index is 1.46. The molecular formula is C19H26N6O3. The van der Waals surface area contributed by atoms with Crippen molar-refractivity contribution in [3.05, 3.63) is 23.5 Å². The van der Waals surface area contributed by atoms with Crippen LogP contribution >= 0.6 is 0 Å². The number of methoxy groups -OCH3 is 1. The van der Waals surface area contributed by atoms with Gasteiger partial charge in [0.25, 0.3) is 0 Å². The van der Waals surface area contributed by atoms with Gasteiger partial charge in [-0.15, -0.1) is 0 Å². The molecule has 0 aliphatic carbocycles. The molecule has 2 fully saturated rings. The number of hydrogen-bond donors (Lipinski definition) is 0. The first-order chi connectivity index (χ1) is 13.5. The monoisotopic (exact) mass is 386 g/mol. The number of nitrogens with zero attached hydrogens (tertiary/aromatic N) is 6. The molecule has 0 aromatic carbocycles. The molecule has 0 spiro atoms. The summed E-state index contributed by atoms with van der Waals surface area (Å²) in [5, 5.41) is 4.57. The van der Waals surface area contributed by atoms with Crippen LogP contribution in [0.4, 0.5) is 10.6 Å². The first-order valence-electron chi connectivity index (χ1n) is 9.67. The van der Waals surface area contributed by atoms with Crippen LogP contribution < -0.4 is 4.90 Å². The SMILES string of the molecule is COCCN1C(=O)CN(C2CCN(c3cc(C)nc4cc(C)nn34)CC2)C1=O. The van der Waals surface area contributed by atoms with E-state index in [1.54, 1.807) is 12.0 Å². The number of amides is 3. The Labute approximate surface area is 163 Å². The number of hydrogen-bond acceptors (Lipinski definition) is 6. The van der Waals surface area contributed by atoms with Gasteiger partial charge in [0.1, 0.15) is 12.4 Å². The Kier molecular flexibility index (Phi) is 4.92. The van der Waals surface area contributed by atoms with Crippen molar-refractivity contribution < 1.29 is 14.3 Å². The predicted octanol–water partition coefficient (Wildman–Crippen LogP) is 1.23. The Bertz CT molecular complexity index is 902. The molecule has 2 aromatic rings. The third-order valence-corrected chi connectivity index (χ3v) is 5.49. The van der Waals surface area contributed by atoms with Crippen LogP contribution in [0.2, 0.25) is 0 Å². The number of carbonyl (C=O) groups excluding carboxylic acids is 2. The molecule has 9 nitrogen and oxygen atoms in total. The first-order valence-corrected chi connectivity index (χ1v) is 9.67. The summed E-state index contributed by atoms with van der Waals surface area (Å²) in [7, 11) is 1.57. The van der Waals surface area contributed by atoms with Gasteiger partial charge in [-0.3, -0.25) is 9.69 Å². The van der Waals surface area contributed by atoms with Crippen molar-refractivity contribution in [2.45, 2.75) is 32.7 Å². The quantitative estimate of drug-likeness (QED) is 0.719. The molecule has 2 aromatic heterocycles. The highest BCUT2D eigenvalue weighted by atomic mass is 16.5. The van der Waals surface area contributed by atoms with Gasteiger partial charge in [0, 0.05) is 44.1 Å². The molecule has 2 aliphatic heterocycles. The zero-order valence-electron chi connectivity index (χ0n) is 16.6. The second kappa shape index (κ2) is 7.38. The second-order valence-electron chi connectivity index (χ2n) is 7.48. The van der Waals surface area contributed by atoms with E-state index < -0.39 is 0 Å². The molecule has 0 atom stereocenters. The van der Waals surface area contributed by atoms with E-state index in [1.807, 2.05) is 24.4 Å². The number of carbonyl (C=O) groups is 2. The number of piperidine rings is 1. The largest absolute Gasteiger partial charge is 0.383 e. The van der Waals surface area contributed by atoms with E-state index in [9.17, 15) is 9.59 Å². The fraction of sp³-hybridized carbons (Fsp3) is 0.579. The minimum Gasteiger partial charge on any atom is -0.383 e. The fourth-order valence-corrected chi connectivity index (χ4v) is 4.08. The second-order valence-corrected chi connectivity index (χ2v) is 7.48. The van der Waals surface area contributed by atoms with Crippen molar-refractivity contribution >= 4 is 23.4 Å². The highest BCUT2D eigenvalue weighted by Crippen LogP contribution is 2.26. The maximum atomic E-state index is 12.6. The van der Waals surface area contributed by atoms with E-state index in [-0.39, 0.29) is 24.5 Å². The lowest BCUT2D eigenvalue weighted by Gasteiger charge is -2.37. The van der Waals surface area contributed by atoms with Gasteiger partial charge in [-0.2, -0.15) is 9.61 Å². The molecule has 0 bridgehead atoms. The van der Waals surface area contributed by atoms with Gasteiger partial charge in [0.05, 0.1) is 18.8 Å². The van der Waals surface area contributed by atoms with Crippen molar-refractivity contribution in [3.8, 4) is 0 Å². The van der Waals surface area contributed by atoms with Crippen molar-refractivity contribution in [1.29, 1.82) is 0 Å². The van der Waals surface area contributed by atoms with Crippen molar-refractivity contribution in [2.75, 3.05) is 44.8 Å². The Morgan fingerprint density at radius 2 is 1.89 bits per heavy atom. The zero-order valence-corrected chi connectivity index (χ0v) is 16.6. The number of rotatable bonds is 5. The lowest BCUT2D eigenvalue weighted by atomic mass is 10.0. The maximum Gasteiger partial charge on any atom is 0.327 e. The highest BCUT2D eigenvalue weighted by Gasteiger charge is 2.40. The number of imide groups is 1. The lowest BCUT2D eigenvalue weighted by molar-refractivity contribution is -0.125. The van der Waals surface area contributed by atoms with Crippen LogP contribution in [0.15, 0.2) is 12.1 Å². The minimum atomic E-state index is -0.189. The van der Waals surface area contributed by atoms with Crippen LogP contribution in [-0.4, -0.2) is 82.3 Å². The Morgan fingerprint density at radius 1 is 1.14 bits per heavy atom. The first kappa shape index (κ1) is 18.7. The third kappa shape index (κ3) is 3.30. The lowest BCUT2D eigenvalue weighted by Crippen LogP contribution is -2.47. The van der Waals surface area contributed by atoms with Gasteiger partial charge in [-0.1, -0.05) is 0 Å². The normalized spacial score (nSPS) is 18.8. The number of aryl methyl sites for hydroxylation is 2. The molecule has 9 heteroatoms. The van der Waals surface area contributed by atoms with Gasteiger partial charge in [-0.05, 0) is 26.7 Å². The van der Waals surface area contributed by atoms with E-state index >= 15 is 0 Å². The molecule has 0 N–H and O–H groups in total. The van der Waals surface area contributed by atoms with Crippen LogP contribution in [0.3, 0.4) is 0 Å². The van der Waals surface area contributed by atoms with Crippen molar-refractivity contribution in [1.82, 2.24) is 24.4 Å². The van der Waals surface area contributed by atoms with Gasteiger partial charge in [0.2, 0.25) is 5.91 Å². The summed E-state index contributed by atoms with van der Waals surface area (Å²) in [6.07, 6.45) is 1.64. The summed E-state index contributed by atoms with van der Waals surface area (Å²) in [5.41, 5.74) is 2.74.